The second-order valence-corrected chi connectivity index (χ2v) is 5.31. The third-order valence-electron chi connectivity index (χ3n) is 3.02. The molecule has 2 rings (SSSR count). The van der Waals surface area contributed by atoms with E-state index >= 15 is 0 Å². The standard InChI is InChI=1S/C16H20N2O3/c1-4-17-14-11-7-5-6-8-12(11)21-16(20)15(14)18-13(19)9-10(2)3/h5-8,10,17H,4,9H2,1-3H3,(H,18,19). The molecule has 1 aromatic heterocycles. The van der Waals surface area contributed by atoms with Gasteiger partial charge in [0.25, 0.3) is 0 Å². The molecule has 0 atom stereocenters. The van der Waals surface area contributed by atoms with E-state index in [2.05, 4.69) is 10.6 Å². The molecule has 0 bridgehead atoms. The third-order valence-corrected chi connectivity index (χ3v) is 3.02. The molecule has 0 saturated heterocycles. The van der Waals surface area contributed by atoms with Gasteiger partial charge in [-0.05, 0) is 25.0 Å². The highest BCUT2D eigenvalue weighted by atomic mass is 16.4. The molecule has 5 heteroatoms. The van der Waals surface area contributed by atoms with Gasteiger partial charge in [-0.2, -0.15) is 0 Å². The number of hydrogen-bond donors (Lipinski definition) is 2. The van der Waals surface area contributed by atoms with Gasteiger partial charge >= 0.3 is 5.63 Å². The van der Waals surface area contributed by atoms with Crippen LogP contribution in [0.5, 0.6) is 0 Å². The maximum absolute atomic E-state index is 12.1. The SMILES string of the molecule is CCNc1c(NC(=O)CC(C)C)c(=O)oc2ccccc12. The summed E-state index contributed by atoms with van der Waals surface area (Å²) >= 11 is 0. The van der Waals surface area contributed by atoms with Crippen molar-refractivity contribution in [2.45, 2.75) is 27.2 Å². The molecule has 2 aromatic rings. The van der Waals surface area contributed by atoms with Crippen molar-refractivity contribution in [3.8, 4) is 0 Å². The smallest absolute Gasteiger partial charge is 0.362 e. The molecule has 0 aliphatic rings. The van der Waals surface area contributed by atoms with E-state index in [1.807, 2.05) is 32.9 Å². The van der Waals surface area contributed by atoms with Crippen LogP contribution in [0.1, 0.15) is 27.2 Å². The Bertz CT molecular complexity index is 704. The summed E-state index contributed by atoms with van der Waals surface area (Å²) in [4.78, 5) is 24.1. The van der Waals surface area contributed by atoms with Gasteiger partial charge in [-0.1, -0.05) is 26.0 Å². The van der Waals surface area contributed by atoms with Gasteiger partial charge in [-0.25, -0.2) is 4.79 Å². The number of para-hydroxylation sites is 1. The highest BCUT2D eigenvalue weighted by molar-refractivity contribution is 6.02. The number of carbonyl (C=O) groups excluding carboxylic acids is 1. The molecular weight excluding hydrogens is 268 g/mol. The van der Waals surface area contributed by atoms with E-state index in [0.29, 0.717) is 24.2 Å². The fourth-order valence-corrected chi connectivity index (χ4v) is 2.18. The van der Waals surface area contributed by atoms with Crippen LogP contribution in [0.4, 0.5) is 11.4 Å². The second-order valence-electron chi connectivity index (χ2n) is 5.31. The average molecular weight is 288 g/mol. The van der Waals surface area contributed by atoms with E-state index in [1.165, 1.54) is 0 Å². The summed E-state index contributed by atoms with van der Waals surface area (Å²) in [7, 11) is 0. The normalized spacial score (nSPS) is 10.9. The Balaban J connectivity index is 2.51. The van der Waals surface area contributed by atoms with Gasteiger partial charge in [-0.3, -0.25) is 4.79 Å². The predicted molar refractivity (Wildman–Crippen MR) is 84.7 cm³/mol. The topological polar surface area (TPSA) is 71.3 Å². The first-order valence-electron chi connectivity index (χ1n) is 7.12. The molecule has 1 amide bonds. The van der Waals surface area contributed by atoms with Crippen LogP contribution in [-0.2, 0) is 4.79 Å². The summed E-state index contributed by atoms with van der Waals surface area (Å²) in [5.74, 6) is 0.0341. The Kier molecular flexibility index (Phi) is 4.62. The molecule has 0 fully saturated rings. The maximum Gasteiger partial charge on any atom is 0.362 e. The molecule has 2 N–H and O–H groups in total. The van der Waals surface area contributed by atoms with Crippen LogP contribution < -0.4 is 16.3 Å². The monoisotopic (exact) mass is 288 g/mol. The Labute approximate surface area is 123 Å². The fourth-order valence-electron chi connectivity index (χ4n) is 2.18. The van der Waals surface area contributed by atoms with Gasteiger partial charge < -0.3 is 15.1 Å². The molecule has 21 heavy (non-hydrogen) atoms. The number of nitrogens with one attached hydrogen (secondary N) is 2. The Morgan fingerprint density at radius 1 is 1.24 bits per heavy atom. The Hall–Kier alpha value is -2.30. The van der Waals surface area contributed by atoms with Gasteiger partial charge in [0, 0.05) is 18.4 Å². The summed E-state index contributed by atoms with van der Waals surface area (Å²) in [5, 5.41) is 6.60. The summed E-state index contributed by atoms with van der Waals surface area (Å²) in [5.41, 5.74) is 0.754. The maximum atomic E-state index is 12.1. The molecule has 0 saturated carbocycles. The number of rotatable bonds is 5. The van der Waals surface area contributed by atoms with Crippen LogP contribution in [0.25, 0.3) is 11.0 Å². The minimum absolute atomic E-state index is 0.182. The molecule has 112 valence electrons. The first-order valence-corrected chi connectivity index (χ1v) is 7.12. The molecule has 1 aromatic carbocycles. The molecule has 0 radical (unpaired) electrons. The molecular formula is C16H20N2O3. The zero-order valence-electron chi connectivity index (χ0n) is 12.5. The van der Waals surface area contributed by atoms with Crippen LogP contribution in [0.2, 0.25) is 0 Å². The highest BCUT2D eigenvalue weighted by Gasteiger charge is 2.16. The van der Waals surface area contributed by atoms with Gasteiger partial charge in [-0.15, -0.1) is 0 Å². The largest absolute Gasteiger partial charge is 0.421 e. The third kappa shape index (κ3) is 3.42. The summed E-state index contributed by atoms with van der Waals surface area (Å²) in [6, 6.07) is 7.26. The zero-order valence-corrected chi connectivity index (χ0v) is 12.5. The molecule has 0 spiro atoms. The van der Waals surface area contributed by atoms with Crippen molar-refractivity contribution in [3.05, 3.63) is 34.7 Å². The van der Waals surface area contributed by atoms with Crippen LogP contribution in [0.15, 0.2) is 33.5 Å². The number of benzene rings is 1. The number of amides is 1. The minimum atomic E-state index is -0.540. The van der Waals surface area contributed by atoms with Crippen molar-refractivity contribution in [1.82, 2.24) is 0 Å². The minimum Gasteiger partial charge on any atom is -0.421 e. The van der Waals surface area contributed by atoms with Gasteiger partial charge in [0.2, 0.25) is 5.91 Å². The van der Waals surface area contributed by atoms with Crippen LogP contribution >= 0.6 is 0 Å². The van der Waals surface area contributed by atoms with E-state index in [1.54, 1.807) is 12.1 Å². The van der Waals surface area contributed by atoms with Gasteiger partial charge in [0.05, 0.1) is 5.69 Å². The lowest BCUT2D eigenvalue weighted by molar-refractivity contribution is -0.116. The lowest BCUT2D eigenvalue weighted by atomic mass is 10.1. The summed E-state index contributed by atoms with van der Waals surface area (Å²) < 4.78 is 5.28. The zero-order chi connectivity index (χ0) is 15.4. The average Bonchev–Trinajstić information content (AvgIpc) is 2.42. The lowest BCUT2D eigenvalue weighted by Crippen LogP contribution is -2.21. The molecule has 0 unspecified atom stereocenters. The van der Waals surface area contributed by atoms with Crippen molar-refractivity contribution >= 4 is 28.3 Å². The van der Waals surface area contributed by atoms with Gasteiger partial charge in [0.1, 0.15) is 5.58 Å². The first kappa shape index (κ1) is 15.1. The van der Waals surface area contributed by atoms with Crippen molar-refractivity contribution in [1.29, 1.82) is 0 Å². The quantitative estimate of drug-likeness (QED) is 0.829. The first-order chi connectivity index (χ1) is 10.0. The van der Waals surface area contributed by atoms with Crippen LogP contribution in [0.3, 0.4) is 0 Å². The van der Waals surface area contributed by atoms with E-state index in [0.717, 1.165) is 5.39 Å². The molecule has 0 aliphatic carbocycles. The molecule has 1 heterocycles. The van der Waals surface area contributed by atoms with E-state index in [-0.39, 0.29) is 17.5 Å². The molecule has 0 aliphatic heterocycles. The lowest BCUT2D eigenvalue weighted by Gasteiger charge is -2.13. The van der Waals surface area contributed by atoms with E-state index in [4.69, 9.17) is 4.42 Å². The second kappa shape index (κ2) is 6.43. The Morgan fingerprint density at radius 2 is 1.95 bits per heavy atom. The van der Waals surface area contributed by atoms with Crippen LogP contribution in [0, 0.1) is 5.92 Å². The van der Waals surface area contributed by atoms with Crippen molar-refractivity contribution in [2.75, 3.05) is 17.2 Å². The highest BCUT2D eigenvalue weighted by Crippen LogP contribution is 2.28. The van der Waals surface area contributed by atoms with E-state index in [9.17, 15) is 9.59 Å². The fraction of sp³-hybridized carbons (Fsp3) is 0.375. The number of fused-ring (bicyclic) bond motifs is 1. The summed E-state index contributed by atoms with van der Waals surface area (Å²) in [6.07, 6.45) is 0.359. The van der Waals surface area contributed by atoms with Gasteiger partial charge in [0.15, 0.2) is 5.69 Å². The van der Waals surface area contributed by atoms with Crippen molar-refractivity contribution < 1.29 is 9.21 Å². The molecule has 5 nitrogen and oxygen atoms in total. The number of hydrogen-bond acceptors (Lipinski definition) is 4. The Morgan fingerprint density at radius 3 is 2.62 bits per heavy atom. The van der Waals surface area contributed by atoms with E-state index < -0.39 is 5.63 Å². The summed E-state index contributed by atoms with van der Waals surface area (Å²) in [6.45, 7) is 6.48. The van der Waals surface area contributed by atoms with Crippen LogP contribution in [-0.4, -0.2) is 12.5 Å². The number of anilines is 2. The number of carbonyl (C=O) groups is 1. The van der Waals surface area contributed by atoms with Crippen molar-refractivity contribution in [2.24, 2.45) is 5.92 Å². The van der Waals surface area contributed by atoms with Crippen molar-refractivity contribution in [3.63, 3.8) is 0 Å². The predicted octanol–water partition coefficient (Wildman–Crippen LogP) is 3.21.